The average molecular weight is 346 g/mol. The third-order valence-electron chi connectivity index (χ3n) is 4.17. The molecule has 8 nitrogen and oxygen atoms in total. The van der Waals surface area contributed by atoms with Gasteiger partial charge in [0.2, 0.25) is 0 Å². The summed E-state index contributed by atoms with van der Waals surface area (Å²) < 4.78 is 28.6. The van der Waals surface area contributed by atoms with E-state index in [1.165, 1.54) is 11.7 Å². The Morgan fingerprint density at radius 1 is 1.46 bits per heavy atom. The van der Waals surface area contributed by atoms with Crippen LogP contribution in [0.3, 0.4) is 0 Å². The van der Waals surface area contributed by atoms with Gasteiger partial charge in [-0.3, -0.25) is 24.2 Å². The van der Waals surface area contributed by atoms with Crippen LogP contribution in [-0.2, 0) is 11.8 Å². The Kier molecular flexibility index (Phi) is 4.79. The van der Waals surface area contributed by atoms with Gasteiger partial charge in [0, 0.05) is 26.2 Å². The van der Waals surface area contributed by atoms with Crippen LogP contribution in [0.15, 0.2) is 10.9 Å². The molecule has 24 heavy (non-hydrogen) atoms. The lowest BCUT2D eigenvalue weighted by atomic mass is 10.1. The Labute approximate surface area is 136 Å². The van der Waals surface area contributed by atoms with Gasteiger partial charge in [0.25, 0.3) is 17.4 Å². The lowest BCUT2D eigenvalue weighted by molar-refractivity contribution is -0.171. The summed E-state index contributed by atoms with van der Waals surface area (Å²) in [7, 11) is 1.49. The van der Waals surface area contributed by atoms with Crippen molar-refractivity contribution >= 4 is 11.8 Å². The highest BCUT2D eigenvalue weighted by atomic mass is 19.3. The van der Waals surface area contributed by atoms with Crippen molar-refractivity contribution in [3.8, 4) is 0 Å². The molecule has 2 rings (SSSR count). The summed E-state index contributed by atoms with van der Waals surface area (Å²) in [6.07, 6.45) is -2.09. The molecule has 3 N–H and O–H groups in total. The maximum Gasteiger partial charge on any atom is 0.349 e. The van der Waals surface area contributed by atoms with Crippen LogP contribution in [0, 0.1) is 5.92 Å². The Morgan fingerprint density at radius 3 is 2.58 bits per heavy atom. The maximum atomic E-state index is 13.7. The number of rotatable bonds is 4. The smallest absolute Gasteiger partial charge is 0.349 e. The second-order valence-electron chi connectivity index (χ2n) is 6.13. The summed E-state index contributed by atoms with van der Waals surface area (Å²) in [6.45, 7) is 2.52. The van der Waals surface area contributed by atoms with Gasteiger partial charge >= 0.3 is 5.92 Å². The number of H-pyrrole nitrogens is 1. The fourth-order valence-corrected chi connectivity index (χ4v) is 2.65. The number of nitrogens with one attached hydrogen (secondary N) is 2. The Hall–Kier alpha value is -2.23. The van der Waals surface area contributed by atoms with Gasteiger partial charge in [-0.25, -0.2) is 0 Å². The standard InChI is InChI=1S/C14H20F2N4O4/c1-7-5-20(13(24)14(15,16)8(2)21)6-9(7)17-12(23)10-4-11(22)18-19(10)3/h4,7-9,21H,5-6H2,1-3H3,(H,17,23)(H,18,22). The van der Waals surface area contributed by atoms with Crippen LogP contribution < -0.4 is 10.9 Å². The minimum Gasteiger partial charge on any atom is -0.387 e. The first kappa shape index (κ1) is 18.1. The highest BCUT2D eigenvalue weighted by molar-refractivity contribution is 5.92. The minimum absolute atomic E-state index is 0.0398. The minimum atomic E-state index is -3.87. The van der Waals surface area contributed by atoms with Gasteiger partial charge in [0.1, 0.15) is 11.8 Å². The summed E-state index contributed by atoms with van der Waals surface area (Å²) in [5.41, 5.74) is -0.332. The van der Waals surface area contributed by atoms with Crippen LogP contribution >= 0.6 is 0 Å². The number of aryl methyl sites for hydroxylation is 1. The van der Waals surface area contributed by atoms with Gasteiger partial charge < -0.3 is 15.3 Å². The molecule has 0 bridgehead atoms. The summed E-state index contributed by atoms with van der Waals surface area (Å²) in [6, 6.07) is 0.593. The molecule has 3 atom stereocenters. The van der Waals surface area contributed by atoms with Gasteiger partial charge in [0.05, 0.1) is 6.04 Å². The van der Waals surface area contributed by atoms with Crippen molar-refractivity contribution in [2.24, 2.45) is 13.0 Å². The number of aliphatic hydroxyl groups excluding tert-OH is 1. The first-order valence-corrected chi connectivity index (χ1v) is 7.46. The second kappa shape index (κ2) is 6.34. The van der Waals surface area contributed by atoms with E-state index < -0.39 is 35.4 Å². The fourth-order valence-electron chi connectivity index (χ4n) is 2.65. The summed E-state index contributed by atoms with van der Waals surface area (Å²) >= 11 is 0. The molecule has 1 aromatic rings. The van der Waals surface area contributed by atoms with Crippen LogP contribution in [0.2, 0.25) is 0 Å². The molecule has 0 saturated carbocycles. The van der Waals surface area contributed by atoms with Crippen molar-refractivity contribution in [3.63, 3.8) is 0 Å². The zero-order valence-electron chi connectivity index (χ0n) is 13.5. The topological polar surface area (TPSA) is 107 Å². The van der Waals surface area contributed by atoms with Crippen molar-refractivity contribution in [2.75, 3.05) is 13.1 Å². The third kappa shape index (κ3) is 3.32. The molecule has 1 fully saturated rings. The van der Waals surface area contributed by atoms with Gasteiger partial charge in [-0.15, -0.1) is 0 Å². The fraction of sp³-hybridized carbons (Fsp3) is 0.643. The molecule has 134 valence electrons. The normalized spacial score (nSPS) is 22.5. The van der Waals surface area contributed by atoms with Crippen LogP contribution in [0.5, 0.6) is 0 Å². The van der Waals surface area contributed by atoms with Crippen LogP contribution in [0.25, 0.3) is 0 Å². The number of aromatic amines is 1. The number of amides is 2. The first-order valence-electron chi connectivity index (χ1n) is 7.46. The monoisotopic (exact) mass is 346 g/mol. The number of nitrogens with zero attached hydrogens (tertiary/aromatic N) is 2. The number of aliphatic hydroxyl groups is 1. The molecule has 0 spiro atoms. The van der Waals surface area contributed by atoms with E-state index in [9.17, 15) is 23.2 Å². The molecule has 1 aromatic heterocycles. The van der Waals surface area contributed by atoms with E-state index in [1.54, 1.807) is 6.92 Å². The third-order valence-corrected chi connectivity index (χ3v) is 4.17. The quantitative estimate of drug-likeness (QED) is 0.670. The van der Waals surface area contributed by atoms with E-state index in [-0.39, 0.29) is 24.7 Å². The number of hydrogen-bond donors (Lipinski definition) is 3. The summed E-state index contributed by atoms with van der Waals surface area (Å²) in [5.74, 6) is -6.12. The lowest BCUT2D eigenvalue weighted by Gasteiger charge is -2.24. The average Bonchev–Trinajstić information content (AvgIpc) is 3.00. The number of hydrogen-bond acceptors (Lipinski definition) is 4. The Balaban J connectivity index is 2.06. The van der Waals surface area contributed by atoms with E-state index in [0.717, 1.165) is 17.9 Å². The Morgan fingerprint density at radius 2 is 2.08 bits per heavy atom. The van der Waals surface area contributed by atoms with E-state index in [0.29, 0.717) is 0 Å². The number of alkyl halides is 2. The van der Waals surface area contributed by atoms with Gasteiger partial charge in [-0.2, -0.15) is 8.78 Å². The highest BCUT2D eigenvalue weighted by Gasteiger charge is 2.49. The number of carbonyl (C=O) groups is 2. The second-order valence-corrected chi connectivity index (χ2v) is 6.13. The molecular weight excluding hydrogens is 326 g/mol. The zero-order valence-corrected chi connectivity index (χ0v) is 13.5. The number of likely N-dealkylation sites (tertiary alicyclic amines) is 1. The molecule has 0 aliphatic carbocycles. The van der Waals surface area contributed by atoms with Gasteiger partial charge in [-0.05, 0) is 12.8 Å². The molecule has 1 aliphatic rings. The van der Waals surface area contributed by atoms with Crippen molar-refractivity contribution in [2.45, 2.75) is 31.9 Å². The molecule has 0 radical (unpaired) electrons. The molecule has 1 saturated heterocycles. The van der Waals surface area contributed by atoms with Crippen LogP contribution in [0.4, 0.5) is 8.78 Å². The molecule has 10 heteroatoms. The Bertz CT molecular complexity index is 697. The lowest BCUT2D eigenvalue weighted by Crippen LogP contribution is -2.49. The first-order chi connectivity index (χ1) is 11.0. The zero-order chi connectivity index (χ0) is 18.2. The molecule has 2 heterocycles. The van der Waals surface area contributed by atoms with Gasteiger partial charge in [0.15, 0.2) is 0 Å². The SMILES string of the molecule is CC1CN(C(=O)C(F)(F)C(C)O)CC1NC(=O)c1cc(=O)[nH]n1C. The van der Waals surface area contributed by atoms with E-state index in [1.807, 2.05) is 0 Å². The largest absolute Gasteiger partial charge is 0.387 e. The van der Waals surface area contributed by atoms with Crippen LogP contribution in [-0.4, -0.2) is 62.8 Å². The van der Waals surface area contributed by atoms with Crippen molar-refractivity contribution in [3.05, 3.63) is 22.1 Å². The predicted octanol–water partition coefficient (Wildman–Crippen LogP) is -0.694. The molecule has 3 unspecified atom stereocenters. The van der Waals surface area contributed by atoms with Crippen molar-refractivity contribution < 1.29 is 23.5 Å². The molecule has 0 aromatic carbocycles. The van der Waals surface area contributed by atoms with E-state index in [4.69, 9.17) is 5.11 Å². The number of carbonyl (C=O) groups excluding carboxylic acids is 2. The maximum absolute atomic E-state index is 13.7. The summed E-state index contributed by atoms with van der Waals surface area (Å²) in [4.78, 5) is 36.2. The van der Waals surface area contributed by atoms with Gasteiger partial charge in [-0.1, -0.05) is 6.92 Å². The summed E-state index contributed by atoms with van der Waals surface area (Å²) in [5, 5.41) is 14.1. The molecule has 1 aliphatic heterocycles. The van der Waals surface area contributed by atoms with Crippen LogP contribution in [0.1, 0.15) is 24.3 Å². The van der Waals surface area contributed by atoms with E-state index in [2.05, 4.69) is 10.4 Å². The van der Waals surface area contributed by atoms with Crippen molar-refractivity contribution in [1.82, 2.24) is 20.0 Å². The molecular formula is C14H20F2N4O4. The number of halogens is 2. The predicted molar refractivity (Wildman–Crippen MR) is 79.7 cm³/mol. The number of aromatic nitrogens is 2. The molecule has 2 amide bonds. The van der Waals surface area contributed by atoms with Crippen molar-refractivity contribution in [1.29, 1.82) is 0 Å². The highest BCUT2D eigenvalue weighted by Crippen LogP contribution is 2.26. The van der Waals surface area contributed by atoms with E-state index >= 15 is 0 Å².